The average Bonchev–Trinajstić information content (AvgIpc) is 3.08. The highest BCUT2D eigenvalue weighted by Crippen LogP contribution is 2.19. The number of nitrogens with zero attached hydrogens (tertiary/aromatic N) is 1. The standard InChI is InChI=1S/C15H19N3/c1-11-3-2-4-12(7-11)8-15-17-10-14(18-15)9-16-13-5-6-13/h2-4,7,10,13,16H,5-6,8-9H2,1H3,(H,17,18). The quantitative estimate of drug-likeness (QED) is 0.844. The Morgan fingerprint density at radius 2 is 2.28 bits per heavy atom. The summed E-state index contributed by atoms with van der Waals surface area (Å²) in [5.74, 6) is 1.05. The van der Waals surface area contributed by atoms with Crippen LogP contribution in [0.2, 0.25) is 0 Å². The molecular weight excluding hydrogens is 222 g/mol. The molecule has 0 unspecified atom stereocenters. The van der Waals surface area contributed by atoms with E-state index in [2.05, 4.69) is 46.5 Å². The number of aromatic amines is 1. The molecule has 1 heterocycles. The number of benzene rings is 1. The van der Waals surface area contributed by atoms with Crippen molar-refractivity contribution in [3.05, 3.63) is 53.1 Å². The minimum absolute atomic E-state index is 0.744. The molecule has 2 aromatic rings. The molecule has 3 rings (SSSR count). The van der Waals surface area contributed by atoms with Crippen molar-refractivity contribution < 1.29 is 0 Å². The normalized spacial score (nSPS) is 14.9. The van der Waals surface area contributed by atoms with Gasteiger partial charge >= 0.3 is 0 Å². The zero-order valence-corrected chi connectivity index (χ0v) is 10.7. The Bertz CT molecular complexity index is 526. The van der Waals surface area contributed by atoms with E-state index in [1.807, 2.05) is 6.20 Å². The van der Waals surface area contributed by atoms with Crippen molar-refractivity contribution >= 4 is 0 Å². The maximum atomic E-state index is 4.44. The van der Waals surface area contributed by atoms with E-state index >= 15 is 0 Å². The maximum Gasteiger partial charge on any atom is 0.110 e. The topological polar surface area (TPSA) is 40.7 Å². The van der Waals surface area contributed by atoms with Crippen LogP contribution in [0.1, 0.15) is 35.5 Å². The zero-order valence-electron chi connectivity index (χ0n) is 10.7. The third kappa shape index (κ3) is 2.99. The van der Waals surface area contributed by atoms with E-state index in [-0.39, 0.29) is 0 Å². The van der Waals surface area contributed by atoms with Crippen LogP contribution in [0, 0.1) is 6.92 Å². The third-order valence-electron chi connectivity index (χ3n) is 3.29. The molecule has 94 valence electrons. The highest BCUT2D eigenvalue weighted by Gasteiger charge is 2.20. The predicted octanol–water partition coefficient (Wildman–Crippen LogP) is 2.56. The van der Waals surface area contributed by atoms with Gasteiger partial charge in [-0.2, -0.15) is 0 Å². The summed E-state index contributed by atoms with van der Waals surface area (Å²) in [5.41, 5.74) is 3.80. The Morgan fingerprint density at radius 1 is 1.39 bits per heavy atom. The molecule has 0 saturated heterocycles. The second kappa shape index (κ2) is 4.94. The number of nitrogens with one attached hydrogen (secondary N) is 2. The Hall–Kier alpha value is -1.61. The summed E-state index contributed by atoms with van der Waals surface area (Å²) in [5, 5.41) is 3.49. The molecule has 1 aromatic heterocycles. The first kappa shape index (κ1) is 11.5. The van der Waals surface area contributed by atoms with Crippen LogP contribution in [0.3, 0.4) is 0 Å². The second-order valence-electron chi connectivity index (χ2n) is 5.18. The number of aromatic nitrogens is 2. The van der Waals surface area contributed by atoms with E-state index in [1.54, 1.807) is 0 Å². The Labute approximate surface area is 108 Å². The summed E-state index contributed by atoms with van der Waals surface area (Å²) in [6, 6.07) is 9.33. The SMILES string of the molecule is Cc1cccc(Cc2ncc(CNC3CC3)[nH]2)c1. The minimum Gasteiger partial charge on any atom is -0.345 e. The van der Waals surface area contributed by atoms with Gasteiger partial charge in [0, 0.05) is 30.9 Å². The molecule has 1 aliphatic carbocycles. The number of H-pyrrole nitrogens is 1. The van der Waals surface area contributed by atoms with Gasteiger partial charge in [0.25, 0.3) is 0 Å². The van der Waals surface area contributed by atoms with E-state index in [0.29, 0.717) is 0 Å². The van der Waals surface area contributed by atoms with Crippen molar-refractivity contribution in [2.24, 2.45) is 0 Å². The summed E-state index contributed by atoms with van der Waals surface area (Å²) < 4.78 is 0. The van der Waals surface area contributed by atoms with Crippen LogP contribution in [0.5, 0.6) is 0 Å². The fourth-order valence-corrected chi connectivity index (χ4v) is 2.14. The second-order valence-corrected chi connectivity index (χ2v) is 5.18. The van der Waals surface area contributed by atoms with Gasteiger partial charge < -0.3 is 10.3 Å². The first-order valence-electron chi connectivity index (χ1n) is 6.61. The minimum atomic E-state index is 0.744. The Kier molecular flexibility index (Phi) is 3.15. The Morgan fingerprint density at radius 3 is 3.06 bits per heavy atom. The van der Waals surface area contributed by atoms with Crippen LogP contribution in [-0.2, 0) is 13.0 Å². The molecule has 0 bridgehead atoms. The monoisotopic (exact) mass is 241 g/mol. The number of rotatable bonds is 5. The summed E-state index contributed by atoms with van der Waals surface area (Å²) in [6.45, 7) is 3.03. The molecule has 0 amide bonds. The average molecular weight is 241 g/mol. The van der Waals surface area contributed by atoms with Crippen LogP contribution in [-0.4, -0.2) is 16.0 Å². The highest BCUT2D eigenvalue weighted by atomic mass is 15.0. The smallest absolute Gasteiger partial charge is 0.110 e. The third-order valence-corrected chi connectivity index (χ3v) is 3.29. The number of hydrogen-bond donors (Lipinski definition) is 2. The lowest BCUT2D eigenvalue weighted by molar-refractivity contribution is 0.676. The molecule has 3 nitrogen and oxygen atoms in total. The first-order valence-corrected chi connectivity index (χ1v) is 6.61. The van der Waals surface area contributed by atoms with Crippen molar-refractivity contribution in [3.8, 4) is 0 Å². The lowest BCUT2D eigenvalue weighted by Crippen LogP contribution is -2.15. The molecule has 3 heteroatoms. The van der Waals surface area contributed by atoms with Crippen LogP contribution in [0.4, 0.5) is 0 Å². The van der Waals surface area contributed by atoms with Crippen LogP contribution in [0.15, 0.2) is 30.5 Å². The molecule has 2 N–H and O–H groups in total. The molecule has 1 fully saturated rings. The molecule has 18 heavy (non-hydrogen) atoms. The largest absolute Gasteiger partial charge is 0.345 e. The van der Waals surface area contributed by atoms with Crippen LogP contribution in [0.25, 0.3) is 0 Å². The van der Waals surface area contributed by atoms with Crippen molar-refractivity contribution in [1.29, 1.82) is 0 Å². The van der Waals surface area contributed by atoms with E-state index < -0.39 is 0 Å². The molecule has 0 radical (unpaired) electrons. The van der Waals surface area contributed by atoms with Gasteiger partial charge in [0.2, 0.25) is 0 Å². The zero-order chi connectivity index (χ0) is 12.4. The van der Waals surface area contributed by atoms with Crippen LogP contribution < -0.4 is 5.32 Å². The van der Waals surface area contributed by atoms with Gasteiger partial charge in [-0.05, 0) is 25.3 Å². The van der Waals surface area contributed by atoms with E-state index in [0.717, 1.165) is 24.8 Å². The molecule has 0 aliphatic heterocycles. The van der Waals surface area contributed by atoms with Gasteiger partial charge in [0.15, 0.2) is 0 Å². The molecular formula is C15H19N3. The van der Waals surface area contributed by atoms with Gasteiger partial charge in [0.1, 0.15) is 5.82 Å². The lowest BCUT2D eigenvalue weighted by Gasteiger charge is -2.01. The van der Waals surface area contributed by atoms with Gasteiger partial charge in [-0.25, -0.2) is 4.98 Å². The van der Waals surface area contributed by atoms with Crippen molar-refractivity contribution in [1.82, 2.24) is 15.3 Å². The summed E-state index contributed by atoms with van der Waals surface area (Å²) in [4.78, 5) is 7.83. The highest BCUT2D eigenvalue weighted by molar-refractivity contribution is 5.25. The first-order chi connectivity index (χ1) is 8.79. The van der Waals surface area contributed by atoms with E-state index in [4.69, 9.17) is 0 Å². The van der Waals surface area contributed by atoms with Gasteiger partial charge in [0.05, 0.1) is 0 Å². The number of hydrogen-bond acceptors (Lipinski definition) is 2. The van der Waals surface area contributed by atoms with E-state index in [9.17, 15) is 0 Å². The molecule has 1 aliphatic rings. The van der Waals surface area contributed by atoms with Crippen LogP contribution >= 0.6 is 0 Å². The molecule has 0 atom stereocenters. The maximum absolute atomic E-state index is 4.44. The van der Waals surface area contributed by atoms with Gasteiger partial charge in [-0.3, -0.25) is 0 Å². The van der Waals surface area contributed by atoms with Crippen molar-refractivity contribution in [2.45, 2.75) is 38.8 Å². The summed E-state index contributed by atoms with van der Waals surface area (Å²) in [6.07, 6.45) is 5.47. The summed E-state index contributed by atoms with van der Waals surface area (Å²) >= 11 is 0. The number of aryl methyl sites for hydroxylation is 1. The predicted molar refractivity (Wildman–Crippen MR) is 72.4 cm³/mol. The summed E-state index contributed by atoms with van der Waals surface area (Å²) in [7, 11) is 0. The fourth-order valence-electron chi connectivity index (χ4n) is 2.14. The number of imidazole rings is 1. The van der Waals surface area contributed by atoms with Crippen molar-refractivity contribution in [3.63, 3.8) is 0 Å². The van der Waals surface area contributed by atoms with Gasteiger partial charge in [-0.15, -0.1) is 0 Å². The molecule has 1 aromatic carbocycles. The molecule has 0 spiro atoms. The molecule has 1 saturated carbocycles. The fraction of sp³-hybridized carbons (Fsp3) is 0.400. The van der Waals surface area contributed by atoms with Gasteiger partial charge in [-0.1, -0.05) is 29.8 Å². The Balaban J connectivity index is 1.61. The van der Waals surface area contributed by atoms with Crippen molar-refractivity contribution in [2.75, 3.05) is 0 Å². The lowest BCUT2D eigenvalue weighted by atomic mass is 10.1. The van der Waals surface area contributed by atoms with E-state index in [1.165, 1.54) is 29.7 Å².